The van der Waals surface area contributed by atoms with Crippen molar-refractivity contribution in [3.8, 4) is 11.5 Å². The number of hydrogen-bond acceptors (Lipinski definition) is 9. The smallest absolute Gasteiger partial charge is 0.168 e. The standard InChI is InChI=1S/C28H36N4O5/c33-16-15-32-13-11-31(12-14-32)10-9-30-21-26-27(34)19-23(20-28(26)35)22-1-3-24(4-2-22)36-17-18-37-25-5-7-29-8-6-25/h1-8,21,23,33-34H,9-20H2. The first-order valence-corrected chi connectivity index (χ1v) is 12.9. The Bertz CT molecular complexity index is 1050. The van der Waals surface area contributed by atoms with Crippen molar-refractivity contribution in [2.75, 3.05) is 65.6 Å². The zero-order valence-corrected chi connectivity index (χ0v) is 21.2. The van der Waals surface area contributed by atoms with Crippen molar-refractivity contribution in [2.24, 2.45) is 4.99 Å². The van der Waals surface area contributed by atoms with Gasteiger partial charge < -0.3 is 19.7 Å². The molecule has 37 heavy (non-hydrogen) atoms. The van der Waals surface area contributed by atoms with Gasteiger partial charge in [-0.15, -0.1) is 0 Å². The molecular weight excluding hydrogens is 472 g/mol. The fourth-order valence-corrected chi connectivity index (χ4v) is 4.62. The maximum atomic E-state index is 12.8. The number of piperazine rings is 1. The molecule has 9 nitrogen and oxygen atoms in total. The number of Topliss-reactive ketones (excluding diaryl/α,β-unsaturated/α-hetero) is 1. The highest BCUT2D eigenvalue weighted by molar-refractivity contribution is 6.14. The Kier molecular flexibility index (Phi) is 10.0. The molecule has 0 saturated carbocycles. The molecule has 0 amide bonds. The van der Waals surface area contributed by atoms with E-state index in [1.807, 2.05) is 24.3 Å². The number of ether oxygens (including phenoxy) is 2. The molecule has 1 atom stereocenters. The second kappa shape index (κ2) is 13.9. The second-order valence-corrected chi connectivity index (χ2v) is 9.28. The number of hydrogen-bond donors (Lipinski definition) is 2. The predicted molar refractivity (Wildman–Crippen MR) is 142 cm³/mol. The molecule has 1 aromatic carbocycles. The highest BCUT2D eigenvalue weighted by Gasteiger charge is 2.27. The van der Waals surface area contributed by atoms with Crippen molar-refractivity contribution >= 4 is 12.0 Å². The number of aliphatic hydroxyl groups is 2. The lowest BCUT2D eigenvalue weighted by Gasteiger charge is -2.33. The van der Waals surface area contributed by atoms with E-state index in [1.165, 1.54) is 0 Å². The third-order valence-corrected chi connectivity index (χ3v) is 6.75. The first kappa shape index (κ1) is 26.8. The summed E-state index contributed by atoms with van der Waals surface area (Å²) in [6.07, 6.45) is 5.66. The lowest BCUT2D eigenvalue weighted by molar-refractivity contribution is -0.116. The average Bonchev–Trinajstić information content (AvgIpc) is 2.92. The van der Waals surface area contributed by atoms with Crippen molar-refractivity contribution in [3.63, 3.8) is 0 Å². The minimum Gasteiger partial charge on any atom is -0.511 e. The largest absolute Gasteiger partial charge is 0.511 e. The molecule has 1 aliphatic heterocycles. The zero-order valence-electron chi connectivity index (χ0n) is 21.2. The number of aromatic nitrogens is 1. The number of aliphatic hydroxyl groups excluding tert-OH is 2. The van der Waals surface area contributed by atoms with Crippen molar-refractivity contribution in [3.05, 3.63) is 65.7 Å². The lowest BCUT2D eigenvalue weighted by Crippen LogP contribution is -2.47. The summed E-state index contributed by atoms with van der Waals surface area (Å²) in [5, 5.41) is 19.6. The Balaban J connectivity index is 1.20. The monoisotopic (exact) mass is 508 g/mol. The van der Waals surface area contributed by atoms with Gasteiger partial charge >= 0.3 is 0 Å². The van der Waals surface area contributed by atoms with Gasteiger partial charge in [-0.25, -0.2) is 0 Å². The SMILES string of the molecule is O=C1CC(c2ccc(OCCOc3ccncc3)cc2)CC(O)=C1C=NCCN1CCN(CCO)CC1. The number of benzene rings is 1. The maximum absolute atomic E-state index is 12.8. The molecule has 1 fully saturated rings. The van der Waals surface area contributed by atoms with Crippen LogP contribution in [0, 0.1) is 0 Å². The summed E-state index contributed by atoms with van der Waals surface area (Å²) in [5.41, 5.74) is 1.33. The first-order valence-electron chi connectivity index (χ1n) is 12.9. The number of β-amino-alcohol motifs (C(OH)–C–C–N with tert-alkyl or cyclic N) is 1. The van der Waals surface area contributed by atoms with E-state index in [1.54, 1.807) is 30.7 Å². The molecule has 2 N–H and O–H groups in total. The van der Waals surface area contributed by atoms with Gasteiger partial charge in [0.1, 0.15) is 30.5 Å². The van der Waals surface area contributed by atoms with E-state index in [0.717, 1.165) is 56.3 Å². The van der Waals surface area contributed by atoms with Crippen LogP contribution in [-0.4, -0.2) is 103 Å². The van der Waals surface area contributed by atoms with Crippen LogP contribution in [0.1, 0.15) is 24.3 Å². The Morgan fingerprint density at radius 1 is 0.919 bits per heavy atom. The fourth-order valence-electron chi connectivity index (χ4n) is 4.62. The van der Waals surface area contributed by atoms with E-state index in [9.17, 15) is 9.90 Å². The van der Waals surface area contributed by atoms with Gasteiger partial charge in [0.15, 0.2) is 5.78 Å². The van der Waals surface area contributed by atoms with E-state index < -0.39 is 0 Å². The van der Waals surface area contributed by atoms with Crippen LogP contribution in [0.15, 0.2) is 65.1 Å². The molecule has 0 spiro atoms. The molecule has 0 radical (unpaired) electrons. The summed E-state index contributed by atoms with van der Waals surface area (Å²) >= 11 is 0. The van der Waals surface area contributed by atoms with Gasteiger partial charge in [-0.2, -0.15) is 0 Å². The van der Waals surface area contributed by atoms with Crippen molar-refractivity contribution in [1.82, 2.24) is 14.8 Å². The van der Waals surface area contributed by atoms with E-state index in [2.05, 4.69) is 19.8 Å². The Hall–Kier alpha value is -3.27. The summed E-state index contributed by atoms with van der Waals surface area (Å²) in [6, 6.07) is 11.3. The summed E-state index contributed by atoms with van der Waals surface area (Å²) in [7, 11) is 0. The Labute approximate surface area is 218 Å². The molecule has 1 saturated heterocycles. The van der Waals surface area contributed by atoms with Gasteiger partial charge in [-0.3, -0.25) is 24.6 Å². The fraction of sp³-hybridized carbons (Fsp3) is 0.464. The average molecular weight is 509 g/mol. The van der Waals surface area contributed by atoms with E-state index in [-0.39, 0.29) is 24.1 Å². The van der Waals surface area contributed by atoms with Crippen LogP contribution in [-0.2, 0) is 4.79 Å². The van der Waals surface area contributed by atoms with E-state index in [4.69, 9.17) is 14.6 Å². The summed E-state index contributed by atoms with van der Waals surface area (Å²) < 4.78 is 11.3. The number of carbonyl (C=O) groups excluding carboxylic acids is 1. The molecule has 2 aromatic rings. The number of nitrogens with zero attached hydrogens (tertiary/aromatic N) is 4. The summed E-state index contributed by atoms with van der Waals surface area (Å²) in [4.78, 5) is 25.7. The molecule has 1 aromatic heterocycles. The van der Waals surface area contributed by atoms with Crippen molar-refractivity contribution < 1.29 is 24.5 Å². The van der Waals surface area contributed by atoms with E-state index in [0.29, 0.717) is 38.2 Å². The van der Waals surface area contributed by atoms with Gasteiger partial charge in [0, 0.05) is 70.7 Å². The minimum atomic E-state index is -0.0799. The minimum absolute atomic E-state index is 0.0658. The van der Waals surface area contributed by atoms with Crippen LogP contribution in [0.5, 0.6) is 11.5 Å². The number of aliphatic imine (C=N–C) groups is 1. The van der Waals surface area contributed by atoms with Gasteiger partial charge in [-0.05, 0) is 35.7 Å². The zero-order chi connectivity index (χ0) is 25.9. The number of ketones is 1. The first-order chi connectivity index (χ1) is 18.1. The van der Waals surface area contributed by atoms with Crippen LogP contribution in [0.4, 0.5) is 0 Å². The van der Waals surface area contributed by atoms with Crippen LogP contribution < -0.4 is 9.47 Å². The molecule has 198 valence electrons. The van der Waals surface area contributed by atoms with Crippen LogP contribution in [0.3, 0.4) is 0 Å². The highest BCUT2D eigenvalue weighted by atomic mass is 16.5. The molecule has 1 unspecified atom stereocenters. The van der Waals surface area contributed by atoms with Crippen molar-refractivity contribution in [2.45, 2.75) is 18.8 Å². The number of rotatable bonds is 12. The molecule has 1 aliphatic carbocycles. The quantitative estimate of drug-likeness (QED) is 0.333. The van der Waals surface area contributed by atoms with Gasteiger partial charge in [0.05, 0.1) is 18.7 Å². The molecular formula is C28H36N4O5. The third kappa shape index (κ3) is 8.11. The summed E-state index contributed by atoms with van der Waals surface area (Å²) in [6.45, 7) is 6.96. The van der Waals surface area contributed by atoms with Crippen molar-refractivity contribution in [1.29, 1.82) is 0 Å². The number of carbonyl (C=O) groups is 1. The maximum Gasteiger partial charge on any atom is 0.168 e. The van der Waals surface area contributed by atoms with Crippen LogP contribution in [0.25, 0.3) is 0 Å². The summed E-state index contributed by atoms with van der Waals surface area (Å²) in [5.74, 6) is 1.44. The molecule has 9 heteroatoms. The molecule has 2 heterocycles. The Morgan fingerprint density at radius 2 is 1.54 bits per heavy atom. The highest BCUT2D eigenvalue weighted by Crippen LogP contribution is 2.33. The second-order valence-electron chi connectivity index (χ2n) is 9.28. The normalized spacial score (nSPS) is 19.5. The number of allylic oxidation sites excluding steroid dienone is 2. The lowest BCUT2D eigenvalue weighted by atomic mass is 9.83. The van der Waals surface area contributed by atoms with E-state index >= 15 is 0 Å². The third-order valence-electron chi connectivity index (χ3n) is 6.75. The topological polar surface area (TPSA) is 108 Å². The van der Waals surface area contributed by atoms with Crippen LogP contribution >= 0.6 is 0 Å². The van der Waals surface area contributed by atoms with Gasteiger partial charge in [-0.1, -0.05) is 12.1 Å². The van der Waals surface area contributed by atoms with Crippen LogP contribution in [0.2, 0.25) is 0 Å². The Morgan fingerprint density at radius 3 is 2.16 bits per heavy atom. The molecule has 2 aliphatic rings. The van der Waals surface area contributed by atoms with Gasteiger partial charge in [0.25, 0.3) is 0 Å². The molecule has 4 rings (SSSR count). The predicted octanol–water partition coefficient (Wildman–Crippen LogP) is 2.48. The molecule has 0 bridgehead atoms. The number of pyridine rings is 1. The van der Waals surface area contributed by atoms with Gasteiger partial charge in [0.2, 0.25) is 0 Å².